The second-order valence-electron chi connectivity index (χ2n) is 6.47. The van der Waals surface area contributed by atoms with Crippen molar-refractivity contribution in [3.8, 4) is 11.4 Å². The minimum atomic E-state index is -4.80. The molecule has 32 heavy (non-hydrogen) atoms. The Morgan fingerprint density at radius 3 is 2.50 bits per heavy atom. The van der Waals surface area contributed by atoms with Gasteiger partial charge in [0.15, 0.2) is 0 Å². The highest BCUT2D eigenvalue weighted by Crippen LogP contribution is 2.31. The molecule has 0 spiro atoms. The maximum atomic E-state index is 13.7. The van der Waals surface area contributed by atoms with Crippen molar-refractivity contribution >= 4 is 27.5 Å². The SMILES string of the molecule is COc1ccc(Cl)c(S(=O)(=O)NC(=O)c2cn(-c3cc(F)cc(C(F)(F)F)c3)c(C)n2)c1. The third kappa shape index (κ3) is 4.86. The molecule has 3 rings (SSSR count). The van der Waals surface area contributed by atoms with Crippen molar-refractivity contribution in [3.63, 3.8) is 0 Å². The highest BCUT2D eigenvalue weighted by molar-refractivity contribution is 7.90. The maximum absolute atomic E-state index is 13.7. The molecule has 3 aromatic rings. The molecule has 0 saturated carbocycles. The predicted molar refractivity (Wildman–Crippen MR) is 106 cm³/mol. The number of aryl methyl sites for hydroxylation is 1. The highest BCUT2D eigenvalue weighted by atomic mass is 35.5. The smallest absolute Gasteiger partial charge is 0.416 e. The molecule has 0 fully saturated rings. The lowest BCUT2D eigenvalue weighted by molar-refractivity contribution is -0.137. The van der Waals surface area contributed by atoms with Crippen LogP contribution in [0.5, 0.6) is 5.75 Å². The van der Waals surface area contributed by atoms with Crippen molar-refractivity contribution < 1.29 is 35.5 Å². The monoisotopic (exact) mass is 491 g/mol. The van der Waals surface area contributed by atoms with E-state index in [1.165, 1.54) is 26.2 Å². The lowest BCUT2D eigenvalue weighted by Crippen LogP contribution is -2.31. The van der Waals surface area contributed by atoms with Crippen LogP contribution in [0.3, 0.4) is 0 Å². The van der Waals surface area contributed by atoms with Gasteiger partial charge in [-0.1, -0.05) is 11.6 Å². The van der Waals surface area contributed by atoms with E-state index < -0.39 is 44.1 Å². The zero-order valence-corrected chi connectivity index (χ0v) is 17.9. The Hall–Kier alpha value is -3.12. The Morgan fingerprint density at radius 2 is 1.88 bits per heavy atom. The predicted octanol–water partition coefficient (Wildman–Crippen LogP) is 4.12. The van der Waals surface area contributed by atoms with Gasteiger partial charge >= 0.3 is 6.18 Å². The number of rotatable bonds is 5. The van der Waals surface area contributed by atoms with Crippen LogP contribution in [0.25, 0.3) is 5.69 Å². The molecule has 1 aromatic heterocycles. The van der Waals surface area contributed by atoms with E-state index in [1.54, 1.807) is 4.72 Å². The summed E-state index contributed by atoms with van der Waals surface area (Å²) < 4.78 is 85.6. The number of ether oxygens (including phenoxy) is 1. The molecule has 2 aromatic carbocycles. The molecule has 1 heterocycles. The Bertz CT molecular complexity index is 1310. The van der Waals surface area contributed by atoms with E-state index in [0.29, 0.717) is 12.1 Å². The second-order valence-corrected chi connectivity index (χ2v) is 8.53. The number of carbonyl (C=O) groups is 1. The molecule has 170 valence electrons. The fraction of sp³-hybridized carbons (Fsp3) is 0.158. The summed E-state index contributed by atoms with van der Waals surface area (Å²) in [6.07, 6.45) is -3.81. The zero-order valence-electron chi connectivity index (χ0n) is 16.4. The number of methoxy groups -OCH3 is 1. The van der Waals surface area contributed by atoms with Gasteiger partial charge in [-0.15, -0.1) is 0 Å². The van der Waals surface area contributed by atoms with E-state index in [2.05, 4.69) is 4.98 Å². The summed E-state index contributed by atoms with van der Waals surface area (Å²) in [4.78, 5) is 15.9. The first kappa shape index (κ1) is 23.5. The Kier molecular flexibility index (Phi) is 6.20. The number of halogens is 5. The van der Waals surface area contributed by atoms with Crippen LogP contribution in [0.4, 0.5) is 17.6 Å². The molecule has 7 nitrogen and oxygen atoms in total. The molecule has 13 heteroatoms. The Morgan fingerprint density at radius 1 is 1.19 bits per heavy atom. The molecular formula is C19H14ClF4N3O4S. The molecule has 0 atom stereocenters. The fourth-order valence-corrected chi connectivity index (χ4v) is 4.24. The average Bonchev–Trinajstić information content (AvgIpc) is 3.08. The van der Waals surface area contributed by atoms with E-state index in [1.807, 2.05) is 0 Å². The number of aromatic nitrogens is 2. The molecule has 1 amide bonds. The van der Waals surface area contributed by atoms with Gasteiger partial charge in [0.25, 0.3) is 15.9 Å². The topological polar surface area (TPSA) is 90.3 Å². The number of hydrogen-bond acceptors (Lipinski definition) is 5. The third-order valence-corrected chi connectivity index (χ3v) is 6.07. The van der Waals surface area contributed by atoms with E-state index in [9.17, 15) is 30.8 Å². The summed E-state index contributed by atoms with van der Waals surface area (Å²) in [5, 5.41) is -0.174. The van der Waals surface area contributed by atoms with Crippen LogP contribution in [0.1, 0.15) is 21.9 Å². The minimum absolute atomic E-state index is 0.0192. The largest absolute Gasteiger partial charge is 0.497 e. The van der Waals surface area contributed by atoms with Crippen LogP contribution in [-0.4, -0.2) is 31.0 Å². The van der Waals surface area contributed by atoms with E-state index in [-0.39, 0.29) is 22.3 Å². The summed E-state index contributed by atoms with van der Waals surface area (Å²) in [5.41, 5.74) is -1.91. The number of nitrogens with zero attached hydrogens (tertiary/aromatic N) is 2. The van der Waals surface area contributed by atoms with Crippen LogP contribution >= 0.6 is 11.6 Å². The van der Waals surface area contributed by atoms with Gasteiger partial charge in [-0.05, 0) is 37.3 Å². The van der Waals surface area contributed by atoms with Gasteiger partial charge in [-0.2, -0.15) is 13.2 Å². The van der Waals surface area contributed by atoms with Gasteiger partial charge in [0, 0.05) is 12.3 Å². The minimum Gasteiger partial charge on any atom is -0.497 e. The number of carbonyl (C=O) groups excluding carboxylic acids is 1. The van der Waals surface area contributed by atoms with E-state index >= 15 is 0 Å². The van der Waals surface area contributed by atoms with Gasteiger partial charge in [0.1, 0.15) is 28.0 Å². The number of nitrogens with one attached hydrogen (secondary N) is 1. The summed E-state index contributed by atoms with van der Waals surface area (Å²) >= 11 is 5.91. The average molecular weight is 492 g/mol. The molecule has 0 unspecified atom stereocenters. The fourth-order valence-electron chi connectivity index (χ4n) is 2.77. The number of amides is 1. The summed E-state index contributed by atoms with van der Waals surface area (Å²) in [7, 11) is -3.13. The molecule has 0 aliphatic heterocycles. The summed E-state index contributed by atoms with van der Waals surface area (Å²) in [6, 6.07) is 5.61. The summed E-state index contributed by atoms with van der Waals surface area (Å²) in [5.74, 6) is -2.12. The number of hydrogen-bond donors (Lipinski definition) is 1. The van der Waals surface area contributed by atoms with E-state index in [4.69, 9.17) is 16.3 Å². The first-order valence-corrected chi connectivity index (χ1v) is 10.5. The van der Waals surface area contributed by atoms with Gasteiger partial charge in [0.05, 0.1) is 23.4 Å². The van der Waals surface area contributed by atoms with Crippen molar-refractivity contribution in [1.29, 1.82) is 0 Å². The van der Waals surface area contributed by atoms with Crippen molar-refractivity contribution in [2.45, 2.75) is 18.0 Å². The number of imidazole rings is 1. The third-order valence-electron chi connectivity index (χ3n) is 4.26. The molecular weight excluding hydrogens is 478 g/mol. The second kappa shape index (κ2) is 8.43. The Labute approximate surface area is 184 Å². The summed E-state index contributed by atoms with van der Waals surface area (Å²) in [6.45, 7) is 1.35. The molecule has 0 bridgehead atoms. The molecule has 0 aliphatic rings. The normalized spacial score (nSPS) is 12.0. The van der Waals surface area contributed by atoms with E-state index in [0.717, 1.165) is 22.9 Å². The van der Waals surface area contributed by atoms with Crippen molar-refractivity contribution in [1.82, 2.24) is 14.3 Å². The molecule has 0 radical (unpaired) electrons. The zero-order chi connectivity index (χ0) is 23.8. The quantitative estimate of drug-likeness (QED) is 0.542. The highest BCUT2D eigenvalue weighted by Gasteiger charge is 2.32. The molecule has 0 saturated heterocycles. The van der Waals surface area contributed by atoms with Crippen molar-refractivity contribution in [2.24, 2.45) is 0 Å². The van der Waals surface area contributed by atoms with Crippen LogP contribution in [0.15, 0.2) is 47.5 Å². The number of alkyl halides is 3. The number of sulfonamides is 1. The van der Waals surface area contributed by atoms with Crippen molar-refractivity contribution in [3.05, 3.63) is 70.5 Å². The molecule has 0 aliphatic carbocycles. The van der Waals surface area contributed by atoms with Gasteiger partial charge < -0.3 is 9.30 Å². The first-order valence-electron chi connectivity index (χ1n) is 8.66. The van der Waals surface area contributed by atoms with Gasteiger partial charge in [-0.25, -0.2) is 22.5 Å². The van der Waals surface area contributed by atoms with Crippen molar-refractivity contribution in [2.75, 3.05) is 7.11 Å². The van der Waals surface area contributed by atoms with Crippen LogP contribution in [0.2, 0.25) is 5.02 Å². The van der Waals surface area contributed by atoms with Gasteiger partial charge in [-0.3, -0.25) is 4.79 Å². The lowest BCUT2D eigenvalue weighted by Gasteiger charge is -2.11. The standard InChI is InChI=1S/C19H14ClF4N3O4S/c1-10-25-16(9-27(10)13-6-11(19(22,23)24)5-12(21)7-13)18(28)26-32(29,30)17-8-14(31-2)3-4-15(17)20/h3-9H,1-2H3,(H,26,28). The Balaban J connectivity index is 1.94. The van der Waals surface area contributed by atoms with Crippen LogP contribution in [-0.2, 0) is 16.2 Å². The first-order chi connectivity index (χ1) is 14.8. The van der Waals surface area contributed by atoms with Crippen LogP contribution in [0, 0.1) is 12.7 Å². The lowest BCUT2D eigenvalue weighted by atomic mass is 10.2. The van der Waals surface area contributed by atoms with Crippen LogP contribution < -0.4 is 9.46 Å². The van der Waals surface area contributed by atoms with Gasteiger partial charge in [0.2, 0.25) is 0 Å². The number of benzene rings is 2. The molecule has 1 N–H and O–H groups in total. The maximum Gasteiger partial charge on any atom is 0.416 e.